The number of imide groups is 1. The monoisotopic (exact) mass is 1400 g/mol. The lowest BCUT2D eigenvalue weighted by atomic mass is 9.78. The number of urea groups is 1. The minimum atomic E-state index is -2.07. The van der Waals surface area contributed by atoms with Gasteiger partial charge >= 0.3 is 17.8 Å². The number of methoxy groups -OCH3 is 1. The first-order valence-electron chi connectivity index (χ1n) is 34.9. The molecule has 0 radical (unpaired) electrons. The van der Waals surface area contributed by atoms with E-state index in [9.17, 15) is 58.8 Å². The Labute approximate surface area is 588 Å². The maximum absolute atomic E-state index is 15.2. The molecule has 11 N–H and O–H groups in total. The molecule has 0 aromatic heterocycles. The molecule has 1 fully saturated rings. The Bertz CT molecular complexity index is 3910. The number of aromatic hydroxyl groups is 2. The summed E-state index contributed by atoms with van der Waals surface area (Å²) in [7, 11) is 1.44. The normalized spacial score (nSPS) is 27.4. The van der Waals surface area contributed by atoms with Gasteiger partial charge in [-0.3, -0.25) is 53.2 Å². The molecule has 11 atom stereocenters. The minimum Gasteiger partial charge on any atom is -0.507 e. The summed E-state index contributed by atoms with van der Waals surface area (Å²) in [4.78, 5) is 131. The van der Waals surface area contributed by atoms with Crippen molar-refractivity contribution in [2.24, 2.45) is 51.2 Å². The predicted octanol–water partition coefficient (Wildman–Crippen LogP) is 5.96. The van der Waals surface area contributed by atoms with Gasteiger partial charge in [0.25, 0.3) is 23.5 Å². The number of carbonyl (C=O) groups excluding carboxylic acids is 9. The van der Waals surface area contributed by atoms with Crippen LogP contribution in [0.1, 0.15) is 149 Å². The van der Waals surface area contributed by atoms with Crippen molar-refractivity contribution >= 4 is 75.4 Å². The van der Waals surface area contributed by atoms with Crippen LogP contribution in [0.5, 0.6) is 17.2 Å². The van der Waals surface area contributed by atoms with Gasteiger partial charge in [-0.2, -0.15) is 0 Å². The number of fused-ring (bicyclic) bond motifs is 1. The molecule has 3 aromatic carbocycles. The molecule has 101 heavy (non-hydrogen) atoms. The quantitative estimate of drug-likeness (QED) is 0.0182. The van der Waals surface area contributed by atoms with Crippen LogP contribution in [0.25, 0.3) is 10.8 Å². The van der Waals surface area contributed by atoms with Crippen molar-refractivity contribution in [3.8, 4) is 17.2 Å². The van der Waals surface area contributed by atoms with Gasteiger partial charge in [-0.25, -0.2) is 4.79 Å². The topological polar surface area (TPSA) is 386 Å². The number of benzene rings is 3. The molecule has 0 unspecified atom stereocenters. The number of allylic oxidation sites excluding steroid dienone is 2. The second-order valence-corrected chi connectivity index (χ2v) is 28.7. The fraction of sp³-hybridized carbons (Fsp3) is 0.554. The lowest BCUT2D eigenvalue weighted by molar-refractivity contribution is -0.948. The van der Waals surface area contributed by atoms with E-state index in [1.165, 1.54) is 58.4 Å². The van der Waals surface area contributed by atoms with Crippen molar-refractivity contribution in [2.45, 2.75) is 189 Å². The highest BCUT2D eigenvalue weighted by molar-refractivity contribution is 6.20. The third-order valence-electron chi connectivity index (χ3n) is 20.1. The smallest absolute Gasteiger partial charge is 0.312 e. The molecule has 27 nitrogen and oxygen atoms in total. The molecule has 1 spiro atoms. The maximum Gasteiger partial charge on any atom is 0.312 e. The number of nitrogens with two attached hydrogens (primary N) is 1. The lowest BCUT2D eigenvalue weighted by Crippen LogP contribution is -2.57. The van der Waals surface area contributed by atoms with Crippen LogP contribution in [-0.2, 0) is 54.3 Å². The zero-order valence-electron chi connectivity index (χ0n) is 60.1. The zero-order chi connectivity index (χ0) is 74.2. The number of ether oxygens (including phenoxy) is 4. The molecular formula is C74H101N10O17+. The fourth-order valence-corrected chi connectivity index (χ4v) is 14.4. The van der Waals surface area contributed by atoms with E-state index in [4.69, 9.17) is 34.7 Å². The van der Waals surface area contributed by atoms with E-state index in [0.29, 0.717) is 61.9 Å². The molecule has 27 heteroatoms. The number of anilines is 2. The predicted molar refractivity (Wildman–Crippen MR) is 375 cm³/mol. The molecule has 0 saturated carbocycles. The Balaban J connectivity index is 1.06. The van der Waals surface area contributed by atoms with Gasteiger partial charge in [-0.1, -0.05) is 92.2 Å². The number of nitrogens with one attached hydrogen (secondary N) is 5. The van der Waals surface area contributed by atoms with Gasteiger partial charge in [0, 0.05) is 123 Å². The number of phenolic OH excluding ortho intramolecular Hbond substituents is 2. The molecule has 548 valence electrons. The molecule has 8 rings (SSSR count). The standard InChI is InChI=1S/C74H100N10O17/c1-39(2)37-84(38-48-23-25-49(26-24-48)77-70(95)50(21-18-32-76-72(75)97)78-71(96)58(40(3)4)79-52(86)22-15-14-16-33-83-53(87)27-28-54(83)88)34-30-74(31-35-84)81-59-55-56-64(91)46(10)67-57(55)68(93)73(12,101-67)99-36-29-51(98-13)43(7)66(100-47(11)85)45(9)63(90)44(8)62(89)41(5)19-17-20-42(6)69(94)80-61(65(56)92)60(59)82-74/h17,19-20,23-29,36,39-41,43-45,50-51,58,62-63,66,89-90H,14-16,18,21-22,30-35,37-38H2,1-13H3,(H8-,75,76,77,78,79,80,81,82,86,87,88,91,92,93,94,95,96,97)/p+1/b19-17-,36-29?,42-20-/t41-,43+,44+,45+,50-,51-,58-,62-,63+,66+,73-,74?,84?/m0/s1. The second kappa shape index (κ2) is 32.7. The minimum absolute atomic E-state index is 0.0314. The Kier molecular flexibility index (Phi) is 25.2. The number of phenols is 2. The first-order valence-corrected chi connectivity index (χ1v) is 34.9. The number of carbonyl (C=O) groups is 9. The fourth-order valence-electron chi connectivity index (χ4n) is 14.4. The average molecular weight is 1400 g/mol. The summed E-state index contributed by atoms with van der Waals surface area (Å²) >= 11 is 0. The summed E-state index contributed by atoms with van der Waals surface area (Å²) in [5.41, 5.74) is 5.58. The number of Topliss-reactive ketones (excluding diaryl/α,β-unsaturated/α-hetero) is 1. The average Bonchev–Trinajstić information content (AvgIpc) is 1.56. The molecule has 5 aliphatic heterocycles. The summed E-state index contributed by atoms with van der Waals surface area (Å²) in [6.45, 7) is 23.2. The van der Waals surface area contributed by atoms with Crippen molar-refractivity contribution in [3.63, 3.8) is 0 Å². The Morgan fingerprint density at radius 3 is 2.12 bits per heavy atom. The SMILES string of the molecule is CO[C@H]1C=CO[C@@]2(C)Oc3c(C)c(O)c4c(O)c(c5c(c4c3C2=O)=NC2(CC[N+](Cc3ccc(NC(=O)[C@H](CCCNC(N)=O)NC(=O)[C@@H](NC(=O)CCCCCN4C(=O)C=CC4=O)C(C)C)cc3)(CC(C)C)CC2)N=5)NC(=O)/C(C)=C\C=C/[C@H](C)[C@H](O)[C@@H](C)[C@@H](O)[C@@H](C)[C@H](OC(C)=O)[C@@H]1C. The van der Waals surface area contributed by atoms with Crippen LogP contribution in [0, 0.1) is 42.4 Å². The number of hydrogen-bond acceptors (Lipinski definition) is 19. The molecule has 4 bridgehead atoms. The highest BCUT2D eigenvalue weighted by Crippen LogP contribution is 2.50. The van der Waals surface area contributed by atoms with Crippen LogP contribution in [0.3, 0.4) is 0 Å². The number of hydrogen-bond donors (Lipinski definition) is 10. The summed E-state index contributed by atoms with van der Waals surface area (Å²) in [5.74, 6) is -10.1. The molecule has 1 saturated heterocycles. The van der Waals surface area contributed by atoms with Gasteiger partial charge in [-0.05, 0) is 63.7 Å². The molecular weight excluding hydrogens is 1300 g/mol. The van der Waals surface area contributed by atoms with Gasteiger partial charge in [0.2, 0.25) is 17.7 Å². The van der Waals surface area contributed by atoms with E-state index in [1.807, 2.05) is 12.1 Å². The van der Waals surface area contributed by atoms with Crippen molar-refractivity contribution in [2.75, 3.05) is 50.5 Å². The van der Waals surface area contributed by atoms with Gasteiger partial charge < -0.3 is 76.2 Å². The number of nitrogens with zero attached hydrogens (tertiary/aromatic N) is 4. The zero-order valence-corrected chi connectivity index (χ0v) is 60.1. The number of unbranched alkanes of at least 4 members (excludes halogenated alkanes) is 2. The van der Waals surface area contributed by atoms with Crippen molar-refractivity contribution in [3.05, 3.63) is 100.0 Å². The number of aliphatic hydroxyl groups excluding tert-OH is 2. The summed E-state index contributed by atoms with van der Waals surface area (Å²) in [5, 5.41) is 62.1. The van der Waals surface area contributed by atoms with Crippen molar-refractivity contribution in [1.29, 1.82) is 0 Å². The van der Waals surface area contributed by atoms with Crippen LogP contribution in [0.2, 0.25) is 0 Å². The van der Waals surface area contributed by atoms with Crippen LogP contribution >= 0.6 is 0 Å². The summed E-state index contributed by atoms with van der Waals surface area (Å²) in [6, 6.07) is 4.55. The van der Waals surface area contributed by atoms with E-state index in [-0.39, 0.29) is 112 Å². The Morgan fingerprint density at radius 1 is 0.832 bits per heavy atom. The first kappa shape index (κ1) is 77.7. The van der Waals surface area contributed by atoms with Gasteiger partial charge in [0.1, 0.15) is 47.3 Å². The third-order valence-corrected chi connectivity index (χ3v) is 20.1. The van der Waals surface area contributed by atoms with Crippen LogP contribution in [0.15, 0.2) is 82.5 Å². The lowest BCUT2D eigenvalue weighted by Gasteiger charge is -2.46. The number of primary amides is 1. The van der Waals surface area contributed by atoms with E-state index < -0.39 is 119 Å². The van der Waals surface area contributed by atoms with Crippen LogP contribution < -0.4 is 47.8 Å². The van der Waals surface area contributed by atoms with Gasteiger partial charge in [0.15, 0.2) is 11.4 Å². The number of ketones is 1. The number of esters is 1. The number of piperidine rings is 1. The molecule has 0 aliphatic carbocycles. The van der Waals surface area contributed by atoms with Gasteiger partial charge in [-0.15, -0.1) is 0 Å². The molecule has 5 aliphatic rings. The van der Waals surface area contributed by atoms with E-state index in [1.54, 1.807) is 72.8 Å². The van der Waals surface area contributed by atoms with Crippen LogP contribution in [0.4, 0.5) is 16.2 Å². The number of likely N-dealkylation sites (tertiary alicyclic amines) is 1. The Hall–Kier alpha value is -9.05. The second-order valence-electron chi connectivity index (χ2n) is 28.7. The number of amides is 8. The van der Waals surface area contributed by atoms with E-state index in [2.05, 4.69) is 40.4 Å². The largest absolute Gasteiger partial charge is 0.507 e. The third kappa shape index (κ3) is 17.8. The van der Waals surface area contributed by atoms with Gasteiger partial charge in [0.05, 0.1) is 60.5 Å². The van der Waals surface area contributed by atoms with E-state index in [0.717, 1.165) is 17.0 Å². The number of quaternary nitrogens is 1. The number of rotatable bonds is 22. The van der Waals surface area contributed by atoms with Crippen molar-refractivity contribution in [1.82, 2.24) is 20.9 Å². The van der Waals surface area contributed by atoms with Crippen molar-refractivity contribution < 1.29 is 87.0 Å². The molecule has 3 aromatic rings. The Morgan fingerprint density at radius 2 is 1.50 bits per heavy atom. The highest BCUT2D eigenvalue weighted by atomic mass is 16.7. The summed E-state index contributed by atoms with van der Waals surface area (Å²) < 4.78 is 24.9. The highest BCUT2D eigenvalue weighted by Gasteiger charge is 2.51. The van der Waals surface area contributed by atoms with Crippen LogP contribution in [-0.4, -0.2) is 171 Å². The van der Waals surface area contributed by atoms with E-state index >= 15 is 4.79 Å². The first-order chi connectivity index (χ1) is 47.6. The summed E-state index contributed by atoms with van der Waals surface area (Å²) in [6.07, 6.45) is 8.69. The maximum atomic E-state index is 15.2. The molecule has 5 heterocycles. The number of aliphatic hydroxyl groups is 2. The molecule has 8 amide bonds.